The first-order valence-electron chi connectivity index (χ1n) is 8.98. The minimum absolute atomic E-state index is 0.163. The number of hydrogen-bond acceptors (Lipinski definition) is 5. The molecular formula is C21H19BrN4O2. The van der Waals surface area contributed by atoms with E-state index in [4.69, 9.17) is 4.84 Å². The summed E-state index contributed by atoms with van der Waals surface area (Å²) in [6.07, 6.45) is 4.24. The smallest absolute Gasteiger partial charge is 0.275 e. The average Bonchev–Trinajstić information content (AvgIpc) is 3.17. The zero-order chi connectivity index (χ0) is 19.3. The van der Waals surface area contributed by atoms with Gasteiger partial charge in [0.1, 0.15) is 11.9 Å². The van der Waals surface area contributed by atoms with E-state index < -0.39 is 0 Å². The summed E-state index contributed by atoms with van der Waals surface area (Å²) in [7, 11) is 0. The molecule has 0 saturated carbocycles. The molecule has 7 heteroatoms. The normalized spacial score (nSPS) is 17.0. The topological polar surface area (TPSA) is 58.6 Å². The van der Waals surface area contributed by atoms with Crippen molar-refractivity contribution in [2.45, 2.75) is 12.8 Å². The monoisotopic (exact) mass is 438 g/mol. The summed E-state index contributed by atoms with van der Waals surface area (Å²) in [6, 6.07) is 17.9. The molecule has 0 N–H and O–H groups in total. The third kappa shape index (κ3) is 4.11. The first kappa shape index (κ1) is 18.7. The Morgan fingerprint density at radius 3 is 2.71 bits per heavy atom. The molecule has 1 aliphatic heterocycles. The largest absolute Gasteiger partial charge is 0.314 e. The molecule has 0 bridgehead atoms. The maximum absolute atomic E-state index is 13.1. The van der Waals surface area contributed by atoms with Crippen LogP contribution in [0.15, 0.2) is 77.7 Å². The van der Waals surface area contributed by atoms with Crippen molar-refractivity contribution < 1.29 is 9.63 Å². The Morgan fingerprint density at radius 2 is 1.96 bits per heavy atom. The number of rotatable bonds is 5. The van der Waals surface area contributed by atoms with Gasteiger partial charge in [-0.2, -0.15) is 5.06 Å². The molecule has 3 aromatic rings. The van der Waals surface area contributed by atoms with Gasteiger partial charge < -0.3 is 4.90 Å². The molecule has 1 unspecified atom stereocenters. The van der Waals surface area contributed by atoms with Crippen LogP contribution < -0.4 is 0 Å². The lowest BCUT2D eigenvalue weighted by atomic mass is 10.1. The van der Waals surface area contributed by atoms with E-state index in [2.05, 4.69) is 25.9 Å². The number of halogens is 1. The van der Waals surface area contributed by atoms with Gasteiger partial charge in [0.25, 0.3) is 5.91 Å². The molecular weight excluding hydrogens is 420 g/mol. The van der Waals surface area contributed by atoms with E-state index >= 15 is 0 Å². The zero-order valence-corrected chi connectivity index (χ0v) is 16.7. The molecule has 28 heavy (non-hydrogen) atoms. The number of hydrogen-bond donors (Lipinski definition) is 0. The van der Waals surface area contributed by atoms with Crippen molar-refractivity contribution in [2.75, 3.05) is 13.1 Å². The Labute approximate surface area is 171 Å². The van der Waals surface area contributed by atoms with Crippen molar-refractivity contribution in [1.29, 1.82) is 0 Å². The molecule has 0 radical (unpaired) electrons. The van der Waals surface area contributed by atoms with Crippen molar-refractivity contribution in [3.05, 3.63) is 94.5 Å². The highest BCUT2D eigenvalue weighted by atomic mass is 79.9. The maximum Gasteiger partial charge on any atom is 0.275 e. The summed E-state index contributed by atoms with van der Waals surface area (Å²) in [4.78, 5) is 29.1. The van der Waals surface area contributed by atoms with Gasteiger partial charge in [-0.1, -0.05) is 58.4 Å². The highest BCUT2D eigenvalue weighted by Crippen LogP contribution is 2.33. The van der Waals surface area contributed by atoms with Gasteiger partial charge in [0.15, 0.2) is 0 Å². The van der Waals surface area contributed by atoms with E-state index in [1.54, 1.807) is 11.1 Å². The van der Waals surface area contributed by atoms with Crippen LogP contribution in [0.5, 0.6) is 0 Å². The molecule has 0 spiro atoms. The SMILES string of the molecule is O=C(c1cnccn1)N1CCN(OCc2ccccc2)C1c1cccc(Br)c1. The van der Waals surface area contributed by atoms with Gasteiger partial charge in [-0.05, 0) is 23.3 Å². The van der Waals surface area contributed by atoms with Gasteiger partial charge in [0.2, 0.25) is 0 Å². The van der Waals surface area contributed by atoms with Crippen molar-refractivity contribution in [3.8, 4) is 0 Å². The number of benzene rings is 2. The molecule has 6 nitrogen and oxygen atoms in total. The van der Waals surface area contributed by atoms with Crippen molar-refractivity contribution >= 4 is 21.8 Å². The van der Waals surface area contributed by atoms with Crippen LogP contribution in [-0.4, -0.2) is 38.9 Å². The second kappa shape index (κ2) is 8.60. The maximum atomic E-state index is 13.1. The van der Waals surface area contributed by atoms with Gasteiger partial charge in [-0.25, -0.2) is 4.98 Å². The van der Waals surface area contributed by atoms with E-state index in [1.165, 1.54) is 12.4 Å². The van der Waals surface area contributed by atoms with Crippen LogP contribution in [0.2, 0.25) is 0 Å². The quantitative estimate of drug-likeness (QED) is 0.605. The Morgan fingerprint density at radius 1 is 1.11 bits per heavy atom. The number of hydroxylamine groups is 2. The Bertz CT molecular complexity index is 939. The predicted octanol–water partition coefficient (Wildman–Crippen LogP) is 3.83. The molecule has 1 atom stereocenters. The minimum Gasteiger partial charge on any atom is -0.314 e. The molecule has 2 heterocycles. The number of nitrogens with zero attached hydrogens (tertiary/aromatic N) is 4. The standard InChI is InChI=1S/C21H19BrN4O2/c22-18-8-4-7-17(13-18)20-25(21(27)19-14-23-9-10-24-19)11-12-26(20)28-15-16-5-2-1-3-6-16/h1-10,13-14,20H,11-12,15H2. The highest BCUT2D eigenvalue weighted by Gasteiger charge is 2.38. The Balaban J connectivity index is 1.60. The van der Waals surface area contributed by atoms with Gasteiger partial charge in [0.05, 0.1) is 12.8 Å². The summed E-state index contributed by atoms with van der Waals surface area (Å²) in [5, 5.41) is 1.86. The van der Waals surface area contributed by atoms with Crippen molar-refractivity contribution in [1.82, 2.24) is 19.9 Å². The van der Waals surface area contributed by atoms with Gasteiger partial charge in [0, 0.05) is 30.0 Å². The summed E-state index contributed by atoms with van der Waals surface area (Å²) in [5.74, 6) is -0.163. The second-order valence-electron chi connectivity index (χ2n) is 6.42. The first-order chi connectivity index (χ1) is 13.7. The van der Waals surface area contributed by atoms with Gasteiger partial charge in [-0.3, -0.25) is 14.6 Å². The first-order valence-corrected chi connectivity index (χ1v) is 9.77. The summed E-state index contributed by atoms with van der Waals surface area (Å²) in [6.45, 7) is 1.59. The molecule has 2 aromatic carbocycles. The van der Waals surface area contributed by atoms with E-state index in [0.717, 1.165) is 15.6 Å². The van der Waals surface area contributed by atoms with Crippen molar-refractivity contribution in [2.24, 2.45) is 0 Å². The summed E-state index contributed by atoms with van der Waals surface area (Å²) < 4.78 is 0.951. The third-order valence-electron chi connectivity index (χ3n) is 4.56. The lowest BCUT2D eigenvalue weighted by molar-refractivity contribution is -0.192. The van der Waals surface area contributed by atoms with E-state index in [-0.39, 0.29) is 12.1 Å². The van der Waals surface area contributed by atoms with Gasteiger partial charge >= 0.3 is 0 Å². The number of carbonyl (C=O) groups is 1. The molecule has 4 rings (SSSR count). The van der Waals surface area contributed by atoms with Crippen LogP contribution in [0.1, 0.15) is 27.8 Å². The molecule has 0 aliphatic carbocycles. The molecule has 142 valence electrons. The minimum atomic E-state index is -0.337. The van der Waals surface area contributed by atoms with Crippen LogP contribution in [0, 0.1) is 0 Å². The zero-order valence-electron chi connectivity index (χ0n) is 15.1. The molecule has 1 amide bonds. The Kier molecular flexibility index (Phi) is 5.76. The van der Waals surface area contributed by atoms with Crippen LogP contribution in [0.4, 0.5) is 0 Å². The lowest BCUT2D eigenvalue weighted by Crippen LogP contribution is -2.35. The fourth-order valence-electron chi connectivity index (χ4n) is 3.26. The summed E-state index contributed by atoms with van der Waals surface area (Å²) >= 11 is 3.52. The van der Waals surface area contributed by atoms with Crippen LogP contribution >= 0.6 is 15.9 Å². The third-order valence-corrected chi connectivity index (χ3v) is 5.05. The van der Waals surface area contributed by atoms with Gasteiger partial charge in [-0.15, -0.1) is 0 Å². The number of aromatic nitrogens is 2. The lowest BCUT2D eigenvalue weighted by Gasteiger charge is -2.30. The molecule has 1 fully saturated rings. The fraction of sp³-hybridized carbons (Fsp3) is 0.190. The molecule has 1 aliphatic rings. The summed E-state index contributed by atoms with van der Waals surface area (Å²) in [5.41, 5.74) is 2.37. The van der Waals surface area contributed by atoms with E-state index in [9.17, 15) is 4.79 Å². The van der Waals surface area contributed by atoms with Crippen LogP contribution in [0.25, 0.3) is 0 Å². The fourth-order valence-corrected chi connectivity index (χ4v) is 3.67. The van der Waals surface area contributed by atoms with E-state index in [0.29, 0.717) is 25.4 Å². The van der Waals surface area contributed by atoms with Crippen molar-refractivity contribution in [3.63, 3.8) is 0 Å². The Hall–Kier alpha value is -2.61. The average molecular weight is 439 g/mol. The van der Waals surface area contributed by atoms with E-state index in [1.807, 2.05) is 59.7 Å². The predicted molar refractivity (Wildman–Crippen MR) is 108 cm³/mol. The highest BCUT2D eigenvalue weighted by molar-refractivity contribution is 9.10. The van der Waals surface area contributed by atoms with Crippen LogP contribution in [-0.2, 0) is 11.4 Å². The van der Waals surface area contributed by atoms with Crippen LogP contribution in [0.3, 0.4) is 0 Å². The number of carbonyl (C=O) groups excluding carboxylic acids is 1. The number of amides is 1. The molecule has 1 saturated heterocycles. The second-order valence-corrected chi connectivity index (χ2v) is 7.33. The molecule has 1 aromatic heterocycles.